The van der Waals surface area contributed by atoms with Crippen LogP contribution in [0.2, 0.25) is 0 Å². The predicted octanol–water partition coefficient (Wildman–Crippen LogP) is 3.52. The summed E-state index contributed by atoms with van der Waals surface area (Å²) in [4.78, 5) is 0. The van der Waals surface area contributed by atoms with Gasteiger partial charge in [0.15, 0.2) is 0 Å². The van der Waals surface area contributed by atoms with Crippen molar-refractivity contribution < 1.29 is 14.2 Å². The van der Waals surface area contributed by atoms with Crippen molar-refractivity contribution in [1.82, 2.24) is 5.32 Å². The molecule has 130 valence electrons. The van der Waals surface area contributed by atoms with Crippen LogP contribution in [0.4, 0.5) is 0 Å². The van der Waals surface area contributed by atoms with Crippen LogP contribution in [0.25, 0.3) is 10.8 Å². The quantitative estimate of drug-likeness (QED) is 0.715. The number of nitrogens with one attached hydrogen (secondary N) is 1. The highest BCUT2D eigenvalue weighted by atomic mass is 16.5. The third-order valence-electron chi connectivity index (χ3n) is 4.45. The average molecular weight is 329 g/mol. The second-order valence-corrected chi connectivity index (χ2v) is 6.23. The molecule has 24 heavy (non-hydrogen) atoms. The Morgan fingerprint density at radius 2 is 2.12 bits per heavy atom. The zero-order valence-electron chi connectivity index (χ0n) is 14.4. The maximum Gasteiger partial charge on any atom is 0.124 e. The van der Waals surface area contributed by atoms with Crippen LogP contribution in [0.5, 0.6) is 5.75 Å². The molecule has 2 aromatic carbocycles. The molecule has 1 heterocycles. The van der Waals surface area contributed by atoms with Crippen molar-refractivity contribution in [1.29, 1.82) is 0 Å². The second-order valence-electron chi connectivity index (χ2n) is 6.23. The van der Waals surface area contributed by atoms with Crippen LogP contribution < -0.4 is 10.1 Å². The molecule has 1 aliphatic heterocycles. The van der Waals surface area contributed by atoms with Gasteiger partial charge in [0.25, 0.3) is 0 Å². The molecule has 1 unspecified atom stereocenters. The fourth-order valence-electron chi connectivity index (χ4n) is 3.15. The van der Waals surface area contributed by atoms with Crippen molar-refractivity contribution in [3.63, 3.8) is 0 Å². The van der Waals surface area contributed by atoms with Gasteiger partial charge < -0.3 is 19.5 Å². The standard InChI is InChI=1S/C20H27NO3/c1-22-12-5-11-21-14-19-18-8-3-2-6-16(18)9-10-20(19)24-15-17-7-4-13-23-17/h2-3,6,8-10,17,21H,4-5,7,11-15H2,1H3. The summed E-state index contributed by atoms with van der Waals surface area (Å²) < 4.78 is 16.9. The molecule has 0 amide bonds. The Balaban J connectivity index is 1.71. The third kappa shape index (κ3) is 4.47. The molecule has 0 bridgehead atoms. The van der Waals surface area contributed by atoms with E-state index in [0.29, 0.717) is 6.61 Å². The highest BCUT2D eigenvalue weighted by molar-refractivity contribution is 5.87. The van der Waals surface area contributed by atoms with Gasteiger partial charge in [0.2, 0.25) is 0 Å². The predicted molar refractivity (Wildman–Crippen MR) is 96.6 cm³/mol. The number of rotatable bonds is 9. The van der Waals surface area contributed by atoms with Crippen molar-refractivity contribution >= 4 is 10.8 Å². The monoisotopic (exact) mass is 329 g/mol. The Labute approximate surface area is 144 Å². The van der Waals surface area contributed by atoms with E-state index in [2.05, 4.69) is 41.7 Å². The molecule has 0 aliphatic carbocycles. The van der Waals surface area contributed by atoms with E-state index in [9.17, 15) is 0 Å². The lowest BCUT2D eigenvalue weighted by Crippen LogP contribution is -2.19. The molecule has 1 fully saturated rings. The summed E-state index contributed by atoms with van der Waals surface area (Å²) in [7, 11) is 1.74. The molecule has 0 saturated carbocycles. The summed E-state index contributed by atoms with van der Waals surface area (Å²) in [5.74, 6) is 0.962. The summed E-state index contributed by atoms with van der Waals surface area (Å²) in [6.45, 7) is 4.01. The van der Waals surface area contributed by atoms with Crippen LogP contribution in [0, 0.1) is 0 Å². The van der Waals surface area contributed by atoms with E-state index in [4.69, 9.17) is 14.2 Å². The average Bonchev–Trinajstić information content (AvgIpc) is 3.14. The van der Waals surface area contributed by atoms with E-state index in [1.165, 1.54) is 16.3 Å². The van der Waals surface area contributed by atoms with Crippen LogP contribution in [-0.2, 0) is 16.0 Å². The van der Waals surface area contributed by atoms with Gasteiger partial charge in [0.1, 0.15) is 12.4 Å². The molecule has 0 radical (unpaired) electrons. The minimum absolute atomic E-state index is 0.235. The van der Waals surface area contributed by atoms with E-state index >= 15 is 0 Å². The molecule has 3 rings (SSSR count). The Kier molecular flexibility index (Phi) is 6.47. The van der Waals surface area contributed by atoms with Gasteiger partial charge in [0.05, 0.1) is 6.10 Å². The smallest absolute Gasteiger partial charge is 0.124 e. The molecule has 0 spiro atoms. The molecular weight excluding hydrogens is 302 g/mol. The lowest BCUT2D eigenvalue weighted by Gasteiger charge is -2.17. The van der Waals surface area contributed by atoms with Crippen molar-refractivity contribution in [2.24, 2.45) is 0 Å². The molecule has 1 saturated heterocycles. The number of ether oxygens (including phenoxy) is 3. The minimum Gasteiger partial charge on any atom is -0.491 e. The topological polar surface area (TPSA) is 39.7 Å². The van der Waals surface area contributed by atoms with E-state index in [0.717, 1.165) is 51.3 Å². The number of fused-ring (bicyclic) bond motifs is 1. The number of hydrogen-bond acceptors (Lipinski definition) is 4. The van der Waals surface area contributed by atoms with E-state index < -0.39 is 0 Å². The van der Waals surface area contributed by atoms with Crippen molar-refractivity contribution in [3.8, 4) is 5.75 Å². The first kappa shape index (κ1) is 17.2. The largest absolute Gasteiger partial charge is 0.491 e. The van der Waals surface area contributed by atoms with Gasteiger partial charge in [-0.15, -0.1) is 0 Å². The Morgan fingerprint density at radius 1 is 1.21 bits per heavy atom. The van der Waals surface area contributed by atoms with E-state index in [-0.39, 0.29) is 6.10 Å². The minimum atomic E-state index is 0.235. The first-order valence-electron chi connectivity index (χ1n) is 8.83. The zero-order valence-corrected chi connectivity index (χ0v) is 14.4. The summed E-state index contributed by atoms with van der Waals surface area (Å²) in [5.41, 5.74) is 1.23. The van der Waals surface area contributed by atoms with Gasteiger partial charge in [0, 0.05) is 32.4 Å². The number of benzene rings is 2. The van der Waals surface area contributed by atoms with E-state index in [1.807, 2.05) is 0 Å². The summed E-state index contributed by atoms with van der Waals surface area (Å²) in [6.07, 6.45) is 3.48. The van der Waals surface area contributed by atoms with Gasteiger partial charge in [-0.1, -0.05) is 30.3 Å². The maximum absolute atomic E-state index is 6.12. The lowest BCUT2D eigenvalue weighted by atomic mass is 10.0. The van der Waals surface area contributed by atoms with Crippen molar-refractivity contribution in [2.45, 2.75) is 31.9 Å². The van der Waals surface area contributed by atoms with Crippen LogP contribution >= 0.6 is 0 Å². The summed E-state index contributed by atoms with van der Waals surface area (Å²) >= 11 is 0. The van der Waals surface area contributed by atoms with Crippen molar-refractivity contribution in [2.75, 3.05) is 33.5 Å². The van der Waals surface area contributed by atoms with Gasteiger partial charge >= 0.3 is 0 Å². The fraction of sp³-hybridized carbons (Fsp3) is 0.500. The Morgan fingerprint density at radius 3 is 2.96 bits per heavy atom. The second kappa shape index (κ2) is 9.02. The maximum atomic E-state index is 6.12. The van der Waals surface area contributed by atoms with Gasteiger partial charge in [-0.2, -0.15) is 0 Å². The van der Waals surface area contributed by atoms with Crippen LogP contribution in [-0.4, -0.2) is 39.6 Å². The number of methoxy groups -OCH3 is 1. The molecule has 2 aromatic rings. The normalized spacial score (nSPS) is 17.5. The molecule has 1 atom stereocenters. The van der Waals surface area contributed by atoms with Gasteiger partial charge in [-0.05, 0) is 42.6 Å². The van der Waals surface area contributed by atoms with Gasteiger partial charge in [-0.25, -0.2) is 0 Å². The van der Waals surface area contributed by atoms with Crippen molar-refractivity contribution in [3.05, 3.63) is 42.0 Å². The fourth-order valence-corrected chi connectivity index (χ4v) is 3.15. The molecule has 1 aliphatic rings. The van der Waals surface area contributed by atoms with Gasteiger partial charge in [-0.3, -0.25) is 0 Å². The van der Waals surface area contributed by atoms with E-state index in [1.54, 1.807) is 7.11 Å². The number of hydrogen-bond donors (Lipinski definition) is 1. The highest BCUT2D eigenvalue weighted by Crippen LogP contribution is 2.28. The van der Waals surface area contributed by atoms with Crippen LogP contribution in [0.1, 0.15) is 24.8 Å². The molecule has 0 aromatic heterocycles. The molecule has 4 heteroatoms. The zero-order chi connectivity index (χ0) is 16.6. The SMILES string of the molecule is COCCCNCc1c(OCC2CCCO2)ccc2ccccc12. The highest BCUT2D eigenvalue weighted by Gasteiger charge is 2.17. The summed E-state index contributed by atoms with van der Waals surface area (Å²) in [5, 5.41) is 6.00. The Bertz CT molecular complexity index is 638. The lowest BCUT2D eigenvalue weighted by molar-refractivity contribution is 0.0676. The molecule has 1 N–H and O–H groups in total. The Hall–Kier alpha value is -1.62. The first-order valence-corrected chi connectivity index (χ1v) is 8.83. The molecular formula is C20H27NO3. The summed E-state index contributed by atoms with van der Waals surface area (Å²) in [6, 6.07) is 12.7. The van der Waals surface area contributed by atoms with Crippen LogP contribution in [0.3, 0.4) is 0 Å². The van der Waals surface area contributed by atoms with Crippen LogP contribution in [0.15, 0.2) is 36.4 Å². The first-order chi connectivity index (χ1) is 11.9. The molecule has 4 nitrogen and oxygen atoms in total. The third-order valence-corrected chi connectivity index (χ3v) is 4.45.